The van der Waals surface area contributed by atoms with Crippen LogP contribution in [0.1, 0.15) is 32.8 Å². The second kappa shape index (κ2) is 10.4. The molecule has 0 aromatic heterocycles. The molecule has 1 aromatic carbocycles. The van der Waals surface area contributed by atoms with E-state index in [1.54, 1.807) is 20.8 Å². The largest absolute Gasteiger partial charge is 0.465 e. The van der Waals surface area contributed by atoms with Crippen molar-refractivity contribution in [1.29, 1.82) is 0 Å². The van der Waals surface area contributed by atoms with E-state index in [2.05, 4.69) is 0 Å². The summed E-state index contributed by atoms with van der Waals surface area (Å²) in [6, 6.07) is 9.29. The van der Waals surface area contributed by atoms with Crippen LogP contribution in [-0.2, 0) is 30.4 Å². The standard InChI is InChI=1S/C18H25NO5/c1-4-15(18(22)24-6-3)17(21)19(13-16(20)23-5-2)12-14-10-8-7-9-11-14/h7-11,15H,4-6,12-13H2,1-3H3. The molecule has 0 saturated carbocycles. The molecule has 0 aliphatic rings. The van der Waals surface area contributed by atoms with Gasteiger partial charge in [0.05, 0.1) is 13.2 Å². The molecule has 0 spiro atoms. The van der Waals surface area contributed by atoms with Crippen LogP contribution in [0.15, 0.2) is 30.3 Å². The summed E-state index contributed by atoms with van der Waals surface area (Å²) in [6.45, 7) is 5.61. The third-order valence-corrected chi connectivity index (χ3v) is 3.43. The summed E-state index contributed by atoms with van der Waals surface area (Å²) in [5, 5.41) is 0. The number of carbonyl (C=O) groups is 3. The van der Waals surface area contributed by atoms with Crippen molar-refractivity contribution in [3.63, 3.8) is 0 Å². The molecule has 0 aliphatic carbocycles. The van der Waals surface area contributed by atoms with Crippen LogP contribution in [0.4, 0.5) is 0 Å². The third-order valence-electron chi connectivity index (χ3n) is 3.43. The first-order chi connectivity index (χ1) is 11.5. The maximum absolute atomic E-state index is 12.8. The topological polar surface area (TPSA) is 72.9 Å². The van der Waals surface area contributed by atoms with Gasteiger partial charge in [0, 0.05) is 6.54 Å². The van der Waals surface area contributed by atoms with Crippen molar-refractivity contribution >= 4 is 17.8 Å². The quantitative estimate of drug-likeness (QED) is 0.511. The van der Waals surface area contributed by atoms with Crippen LogP contribution >= 0.6 is 0 Å². The van der Waals surface area contributed by atoms with Gasteiger partial charge in [-0.25, -0.2) is 0 Å². The van der Waals surface area contributed by atoms with Gasteiger partial charge in [-0.3, -0.25) is 14.4 Å². The third kappa shape index (κ3) is 6.02. The Bertz CT molecular complexity index is 544. The molecule has 0 saturated heterocycles. The zero-order valence-electron chi connectivity index (χ0n) is 14.5. The normalized spacial score (nSPS) is 11.5. The lowest BCUT2D eigenvalue weighted by atomic mass is 10.0. The van der Waals surface area contributed by atoms with Gasteiger partial charge in [0.2, 0.25) is 5.91 Å². The molecule has 24 heavy (non-hydrogen) atoms. The van der Waals surface area contributed by atoms with Crippen LogP contribution in [0.5, 0.6) is 0 Å². The average Bonchev–Trinajstić information content (AvgIpc) is 2.56. The number of ether oxygens (including phenoxy) is 2. The molecule has 0 N–H and O–H groups in total. The van der Waals surface area contributed by atoms with Gasteiger partial charge >= 0.3 is 11.9 Å². The average molecular weight is 335 g/mol. The van der Waals surface area contributed by atoms with Gasteiger partial charge < -0.3 is 14.4 Å². The first-order valence-corrected chi connectivity index (χ1v) is 8.18. The monoisotopic (exact) mass is 335 g/mol. The van der Waals surface area contributed by atoms with E-state index >= 15 is 0 Å². The summed E-state index contributed by atoms with van der Waals surface area (Å²) >= 11 is 0. The molecule has 0 heterocycles. The van der Waals surface area contributed by atoms with Crippen molar-refractivity contribution in [2.24, 2.45) is 5.92 Å². The second-order valence-electron chi connectivity index (χ2n) is 5.20. The maximum atomic E-state index is 12.8. The highest BCUT2D eigenvalue weighted by molar-refractivity contribution is 5.98. The Hall–Kier alpha value is -2.37. The summed E-state index contributed by atoms with van der Waals surface area (Å²) < 4.78 is 9.90. The number of esters is 2. The molecular weight excluding hydrogens is 310 g/mol. The Morgan fingerprint density at radius 2 is 1.62 bits per heavy atom. The molecule has 1 rings (SSSR count). The molecule has 0 bridgehead atoms. The van der Waals surface area contributed by atoms with Crippen LogP contribution in [-0.4, -0.2) is 42.5 Å². The number of amides is 1. The Morgan fingerprint density at radius 3 is 2.17 bits per heavy atom. The zero-order chi connectivity index (χ0) is 17.9. The molecular formula is C18H25NO5. The van der Waals surface area contributed by atoms with E-state index in [1.807, 2.05) is 30.3 Å². The highest BCUT2D eigenvalue weighted by atomic mass is 16.5. The SMILES string of the molecule is CCOC(=O)CN(Cc1ccccc1)C(=O)C(CC)C(=O)OCC. The van der Waals surface area contributed by atoms with Crippen molar-refractivity contribution < 1.29 is 23.9 Å². The van der Waals surface area contributed by atoms with Crippen molar-refractivity contribution in [1.82, 2.24) is 4.90 Å². The van der Waals surface area contributed by atoms with Crippen LogP contribution in [0.2, 0.25) is 0 Å². The van der Waals surface area contributed by atoms with Gasteiger partial charge in [0.15, 0.2) is 0 Å². The molecule has 1 unspecified atom stereocenters. The fourth-order valence-corrected chi connectivity index (χ4v) is 2.28. The molecule has 132 valence electrons. The van der Waals surface area contributed by atoms with Gasteiger partial charge in [0.1, 0.15) is 12.5 Å². The summed E-state index contributed by atoms with van der Waals surface area (Å²) in [5.41, 5.74) is 0.869. The zero-order valence-corrected chi connectivity index (χ0v) is 14.5. The predicted molar refractivity (Wildman–Crippen MR) is 88.9 cm³/mol. The number of hydrogen-bond donors (Lipinski definition) is 0. The van der Waals surface area contributed by atoms with Crippen molar-refractivity contribution in [2.45, 2.75) is 33.7 Å². The summed E-state index contributed by atoms with van der Waals surface area (Å²) in [6.07, 6.45) is 0.311. The predicted octanol–water partition coefficient (Wildman–Crippen LogP) is 2.17. The van der Waals surface area contributed by atoms with E-state index < -0.39 is 23.8 Å². The van der Waals surface area contributed by atoms with Gasteiger partial charge in [-0.2, -0.15) is 0 Å². The second-order valence-corrected chi connectivity index (χ2v) is 5.20. The van der Waals surface area contributed by atoms with E-state index in [9.17, 15) is 14.4 Å². The molecule has 6 heteroatoms. The van der Waals surface area contributed by atoms with Crippen LogP contribution in [0.3, 0.4) is 0 Å². The Morgan fingerprint density at radius 1 is 1.00 bits per heavy atom. The number of hydrogen-bond acceptors (Lipinski definition) is 5. The highest BCUT2D eigenvalue weighted by Gasteiger charge is 2.31. The molecule has 1 amide bonds. The Balaban J connectivity index is 2.94. The van der Waals surface area contributed by atoms with Crippen molar-refractivity contribution in [3.8, 4) is 0 Å². The van der Waals surface area contributed by atoms with Crippen LogP contribution in [0.25, 0.3) is 0 Å². The summed E-state index contributed by atoms with van der Waals surface area (Å²) in [7, 11) is 0. The Labute approximate surface area is 142 Å². The lowest BCUT2D eigenvalue weighted by Crippen LogP contribution is -2.42. The van der Waals surface area contributed by atoms with Gasteiger partial charge in [-0.05, 0) is 25.8 Å². The highest BCUT2D eigenvalue weighted by Crippen LogP contribution is 2.14. The minimum absolute atomic E-state index is 0.197. The first-order valence-electron chi connectivity index (χ1n) is 8.18. The first kappa shape index (κ1) is 19.7. The smallest absolute Gasteiger partial charge is 0.325 e. The van der Waals surface area contributed by atoms with Gasteiger partial charge in [0.25, 0.3) is 0 Å². The van der Waals surface area contributed by atoms with Crippen LogP contribution in [0, 0.1) is 5.92 Å². The lowest BCUT2D eigenvalue weighted by molar-refractivity contribution is -0.159. The van der Waals surface area contributed by atoms with Gasteiger partial charge in [-0.1, -0.05) is 37.3 Å². The lowest BCUT2D eigenvalue weighted by Gasteiger charge is -2.25. The Kier molecular flexibility index (Phi) is 8.54. The van der Waals surface area contributed by atoms with Crippen molar-refractivity contribution in [2.75, 3.05) is 19.8 Å². The summed E-state index contributed by atoms with van der Waals surface area (Å²) in [5.74, 6) is -2.40. The number of benzene rings is 1. The minimum Gasteiger partial charge on any atom is -0.465 e. The molecule has 0 aliphatic heterocycles. The number of carbonyl (C=O) groups excluding carboxylic acids is 3. The van der Waals surface area contributed by atoms with E-state index in [0.29, 0.717) is 6.42 Å². The molecule has 1 aromatic rings. The van der Waals surface area contributed by atoms with E-state index in [-0.39, 0.29) is 26.3 Å². The van der Waals surface area contributed by atoms with E-state index in [0.717, 1.165) is 5.56 Å². The minimum atomic E-state index is -0.914. The van der Waals surface area contributed by atoms with E-state index in [1.165, 1.54) is 4.90 Å². The molecule has 0 fully saturated rings. The molecule has 1 atom stereocenters. The molecule has 6 nitrogen and oxygen atoms in total. The number of nitrogens with zero attached hydrogens (tertiary/aromatic N) is 1. The fourth-order valence-electron chi connectivity index (χ4n) is 2.28. The maximum Gasteiger partial charge on any atom is 0.325 e. The fraction of sp³-hybridized carbons (Fsp3) is 0.500. The van der Waals surface area contributed by atoms with E-state index in [4.69, 9.17) is 9.47 Å². The van der Waals surface area contributed by atoms with Gasteiger partial charge in [-0.15, -0.1) is 0 Å². The van der Waals surface area contributed by atoms with Crippen LogP contribution < -0.4 is 0 Å². The number of rotatable bonds is 9. The molecule has 0 radical (unpaired) electrons. The van der Waals surface area contributed by atoms with Crippen molar-refractivity contribution in [3.05, 3.63) is 35.9 Å². The summed E-state index contributed by atoms with van der Waals surface area (Å²) in [4.78, 5) is 37.9.